The van der Waals surface area contributed by atoms with Gasteiger partial charge in [-0.3, -0.25) is 9.68 Å². The van der Waals surface area contributed by atoms with Crippen molar-refractivity contribution in [2.24, 2.45) is 21.4 Å². The van der Waals surface area contributed by atoms with E-state index in [-0.39, 0.29) is 11.1 Å². The zero-order valence-corrected chi connectivity index (χ0v) is 14.6. The second kappa shape index (κ2) is 8.59. The number of nitrogens with zero attached hydrogens (tertiary/aromatic N) is 4. The molecule has 0 atom stereocenters. The molecule has 0 N–H and O–H groups in total. The van der Waals surface area contributed by atoms with Crippen LogP contribution in [0.1, 0.15) is 41.5 Å². The van der Waals surface area contributed by atoms with Crippen molar-refractivity contribution in [2.75, 3.05) is 0 Å². The fraction of sp³-hybridized carbons (Fsp3) is 0.500. The van der Waals surface area contributed by atoms with Gasteiger partial charge >= 0.3 is 11.9 Å². The number of allylic oxidation sites excluding steroid dienone is 2. The number of carbonyl (C=O) groups is 2. The summed E-state index contributed by atoms with van der Waals surface area (Å²) < 4.78 is 0. The molecule has 0 aromatic heterocycles. The summed E-state index contributed by atoms with van der Waals surface area (Å²) in [5.41, 5.74) is -1.08. The Balaban J connectivity index is 4.92. The Labute approximate surface area is 141 Å². The minimum Gasteiger partial charge on any atom is -0.292 e. The third-order valence-electron chi connectivity index (χ3n) is 2.75. The van der Waals surface area contributed by atoms with Gasteiger partial charge in [0.2, 0.25) is 0 Å². The minimum atomic E-state index is -0.882. The molecule has 0 aromatic rings. The van der Waals surface area contributed by atoms with Crippen LogP contribution in [0.25, 0.3) is 0 Å². The number of rotatable bonds is 4. The minimum absolute atomic E-state index is 0.0926. The monoisotopic (exact) mass is 332 g/mol. The first-order chi connectivity index (χ1) is 10.9. The Morgan fingerprint density at radius 2 is 1.08 bits per heavy atom. The Morgan fingerprint density at radius 1 is 0.792 bits per heavy atom. The van der Waals surface area contributed by atoms with E-state index in [1.165, 1.54) is 0 Å². The van der Waals surface area contributed by atoms with Crippen molar-refractivity contribution in [3.05, 3.63) is 23.3 Å². The van der Waals surface area contributed by atoms with Crippen molar-refractivity contribution < 1.29 is 19.3 Å². The van der Waals surface area contributed by atoms with E-state index >= 15 is 0 Å². The average Bonchev–Trinajstić information content (AvgIpc) is 2.43. The zero-order chi connectivity index (χ0) is 19.0. The maximum Gasteiger partial charge on any atom is 0.365 e. The quantitative estimate of drug-likeness (QED) is 0.336. The smallest absolute Gasteiger partial charge is 0.292 e. The van der Waals surface area contributed by atoms with Crippen LogP contribution in [0.2, 0.25) is 0 Å². The molecule has 8 nitrogen and oxygen atoms in total. The van der Waals surface area contributed by atoms with Gasteiger partial charge in [-0.05, 0) is 10.8 Å². The van der Waals surface area contributed by atoms with E-state index in [2.05, 4.69) is 20.2 Å². The summed E-state index contributed by atoms with van der Waals surface area (Å²) in [5.74, 6) is -1.76. The lowest BCUT2D eigenvalue weighted by Crippen LogP contribution is -2.19. The summed E-state index contributed by atoms with van der Waals surface area (Å²) in [5, 5.41) is 23.4. The highest BCUT2D eigenvalue weighted by molar-refractivity contribution is 5.90. The predicted octanol–water partition coefficient (Wildman–Crippen LogP) is 3.35. The van der Waals surface area contributed by atoms with Crippen molar-refractivity contribution in [3.8, 4) is 12.1 Å². The van der Waals surface area contributed by atoms with Gasteiger partial charge in [0, 0.05) is 12.2 Å². The van der Waals surface area contributed by atoms with Crippen LogP contribution in [-0.2, 0) is 19.3 Å². The molecule has 0 radical (unpaired) electrons. The van der Waals surface area contributed by atoms with Crippen molar-refractivity contribution >= 4 is 11.9 Å². The predicted molar refractivity (Wildman–Crippen MR) is 83.3 cm³/mol. The summed E-state index contributed by atoms with van der Waals surface area (Å²) >= 11 is 0. The van der Waals surface area contributed by atoms with E-state index in [4.69, 9.17) is 10.5 Å². The van der Waals surface area contributed by atoms with Crippen LogP contribution in [0.5, 0.6) is 0 Å². The van der Waals surface area contributed by atoms with Gasteiger partial charge in [0.05, 0.1) is 33.8 Å². The highest BCUT2D eigenvalue weighted by Crippen LogP contribution is 2.27. The third-order valence-corrected chi connectivity index (χ3v) is 2.75. The van der Waals surface area contributed by atoms with E-state index in [1.54, 1.807) is 53.7 Å². The van der Waals surface area contributed by atoms with Crippen LogP contribution in [0.15, 0.2) is 33.9 Å². The molecule has 0 saturated heterocycles. The molecule has 0 spiro atoms. The van der Waals surface area contributed by atoms with Crippen LogP contribution >= 0.6 is 0 Å². The maximum atomic E-state index is 11.8. The lowest BCUT2D eigenvalue weighted by atomic mass is 9.86. The lowest BCUT2D eigenvalue weighted by molar-refractivity contribution is -0.149. The fourth-order valence-corrected chi connectivity index (χ4v) is 1.50. The molecule has 0 rings (SSSR count). The molecule has 8 heteroatoms. The zero-order valence-electron chi connectivity index (χ0n) is 14.6. The Hall–Kier alpha value is -3.00. The lowest BCUT2D eigenvalue weighted by Gasteiger charge is -2.19. The molecular weight excluding hydrogens is 312 g/mol. The molecule has 0 unspecified atom stereocenters. The van der Waals surface area contributed by atoms with Gasteiger partial charge in [0.25, 0.3) is 0 Å². The van der Waals surface area contributed by atoms with E-state index in [1.807, 2.05) is 0 Å². The normalized spacial score (nSPS) is 13.2. The number of nitriles is 2. The molecule has 0 fully saturated rings. The molecule has 0 aliphatic carbocycles. The van der Waals surface area contributed by atoms with Gasteiger partial charge in [-0.2, -0.15) is 10.5 Å². The van der Waals surface area contributed by atoms with Crippen LogP contribution in [-0.4, -0.2) is 11.9 Å². The number of hydrogen-bond donors (Lipinski definition) is 0. The first kappa shape index (κ1) is 21.0. The van der Waals surface area contributed by atoms with Gasteiger partial charge in [-0.1, -0.05) is 41.5 Å². The van der Waals surface area contributed by atoms with Crippen LogP contribution < -0.4 is 0 Å². The molecular formula is C16H20N4O4. The summed E-state index contributed by atoms with van der Waals surface area (Å²) in [6, 6.07) is 3.50. The van der Waals surface area contributed by atoms with E-state index in [0.29, 0.717) is 0 Å². The summed E-state index contributed by atoms with van der Waals surface area (Å²) in [4.78, 5) is 32.7. The standard InChI is InChI=1S/C16H20N4O4/c1-15(2,3)11(7-9-17)13(21)23-19-20-24-14(22)12(8-10-18)16(4,5)6/h7-8H,1-6H3. The summed E-state index contributed by atoms with van der Waals surface area (Å²) in [7, 11) is 0. The summed E-state index contributed by atoms with van der Waals surface area (Å²) in [6.45, 7) is 10.3. The Bertz CT molecular complexity index is 604. The van der Waals surface area contributed by atoms with E-state index in [9.17, 15) is 9.59 Å². The van der Waals surface area contributed by atoms with Crippen molar-refractivity contribution in [1.29, 1.82) is 10.5 Å². The largest absolute Gasteiger partial charge is 0.365 e. The molecule has 0 aromatic carbocycles. The van der Waals surface area contributed by atoms with Gasteiger partial charge in [0.15, 0.2) is 0 Å². The summed E-state index contributed by atoms with van der Waals surface area (Å²) in [6.07, 6.45) is 2.11. The molecule has 0 bridgehead atoms. The molecule has 24 heavy (non-hydrogen) atoms. The first-order valence-electron chi connectivity index (χ1n) is 6.98. The van der Waals surface area contributed by atoms with Crippen molar-refractivity contribution in [1.82, 2.24) is 0 Å². The molecule has 0 aliphatic heterocycles. The topological polar surface area (TPSA) is 125 Å². The Morgan fingerprint density at radius 3 is 1.29 bits per heavy atom. The van der Waals surface area contributed by atoms with E-state index in [0.717, 1.165) is 12.2 Å². The van der Waals surface area contributed by atoms with Gasteiger partial charge in [-0.25, -0.2) is 9.59 Å². The average molecular weight is 332 g/mol. The first-order valence-corrected chi connectivity index (χ1v) is 6.98. The van der Waals surface area contributed by atoms with Crippen LogP contribution in [0.4, 0.5) is 0 Å². The molecule has 128 valence electrons. The van der Waals surface area contributed by atoms with Crippen LogP contribution in [0.3, 0.4) is 0 Å². The van der Waals surface area contributed by atoms with E-state index < -0.39 is 22.8 Å². The second-order valence-electron chi connectivity index (χ2n) is 6.80. The molecule has 0 saturated carbocycles. The highest BCUT2D eigenvalue weighted by atomic mass is 16.8. The van der Waals surface area contributed by atoms with Gasteiger partial charge < -0.3 is 0 Å². The van der Waals surface area contributed by atoms with Gasteiger partial charge in [-0.15, -0.1) is 0 Å². The third kappa shape index (κ3) is 6.84. The van der Waals surface area contributed by atoms with Crippen molar-refractivity contribution in [2.45, 2.75) is 41.5 Å². The highest BCUT2D eigenvalue weighted by Gasteiger charge is 2.27. The van der Waals surface area contributed by atoms with Crippen LogP contribution in [0, 0.1) is 33.5 Å². The Kier molecular flexibility index (Phi) is 7.51. The fourth-order valence-electron chi connectivity index (χ4n) is 1.50. The van der Waals surface area contributed by atoms with Crippen molar-refractivity contribution in [3.63, 3.8) is 0 Å². The number of carbonyl (C=O) groups excluding carboxylic acids is 2. The molecule has 0 amide bonds. The SMILES string of the molecule is CC(C)(C)C(=CC#N)C(=O)ON=NOC(=O)C(=CC#N)C(C)(C)C. The molecule has 0 aliphatic rings. The maximum absolute atomic E-state index is 11.8. The number of hydrogen-bond acceptors (Lipinski definition) is 8. The molecule has 0 heterocycles. The van der Waals surface area contributed by atoms with Gasteiger partial charge in [0.1, 0.15) is 0 Å². The second-order valence-corrected chi connectivity index (χ2v) is 6.80.